The SMILES string of the molecule is CC.Cc1ccnc(C(=O)NCCN(C)C)n1. The lowest BCUT2D eigenvalue weighted by molar-refractivity contribution is 0.0940. The minimum Gasteiger partial charge on any atom is -0.348 e. The first-order chi connectivity index (χ1) is 8.09. The molecule has 1 aromatic heterocycles. The molecule has 1 amide bonds. The Morgan fingerprint density at radius 2 is 2.06 bits per heavy atom. The van der Waals surface area contributed by atoms with Crippen LogP contribution in [0.15, 0.2) is 12.3 Å². The van der Waals surface area contributed by atoms with Crippen molar-refractivity contribution in [2.45, 2.75) is 20.8 Å². The van der Waals surface area contributed by atoms with E-state index in [-0.39, 0.29) is 11.7 Å². The van der Waals surface area contributed by atoms with E-state index in [4.69, 9.17) is 0 Å². The number of aryl methyl sites for hydroxylation is 1. The Bertz CT molecular complexity index is 339. The summed E-state index contributed by atoms with van der Waals surface area (Å²) in [4.78, 5) is 21.5. The summed E-state index contributed by atoms with van der Waals surface area (Å²) in [7, 11) is 3.91. The monoisotopic (exact) mass is 238 g/mol. The zero-order chi connectivity index (χ0) is 13.3. The van der Waals surface area contributed by atoms with Gasteiger partial charge in [-0.3, -0.25) is 4.79 Å². The van der Waals surface area contributed by atoms with Crippen LogP contribution in [0, 0.1) is 6.92 Å². The number of nitrogens with one attached hydrogen (secondary N) is 1. The van der Waals surface area contributed by atoms with Gasteiger partial charge in [-0.1, -0.05) is 13.8 Å². The van der Waals surface area contributed by atoms with E-state index in [2.05, 4.69) is 15.3 Å². The van der Waals surface area contributed by atoms with Crippen molar-refractivity contribution in [1.29, 1.82) is 0 Å². The number of hydrogen-bond acceptors (Lipinski definition) is 4. The van der Waals surface area contributed by atoms with E-state index in [0.717, 1.165) is 12.2 Å². The molecule has 0 aliphatic rings. The minimum absolute atomic E-state index is 0.222. The summed E-state index contributed by atoms with van der Waals surface area (Å²) in [6.45, 7) is 7.24. The lowest BCUT2D eigenvalue weighted by Crippen LogP contribution is -2.32. The number of carbonyl (C=O) groups excluding carboxylic acids is 1. The van der Waals surface area contributed by atoms with Crippen LogP contribution in [0.3, 0.4) is 0 Å². The van der Waals surface area contributed by atoms with Crippen LogP contribution < -0.4 is 5.32 Å². The lowest BCUT2D eigenvalue weighted by atomic mass is 10.4. The van der Waals surface area contributed by atoms with Crippen LogP contribution in [0.25, 0.3) is 0 Å². The summed E-state index contributed by atoms with van der Waals surface area (Å²) in [5.41, 5.74) is 0.794. The fraction of sp³-hybridized carbons (Fsp3) is 0.583. The molecule has 0 aromatic carbocycles. The normalized spacial score (nSPS) is 9.53. The maximum absolute atomic E-state index is 11.5. The van der Waals surface area contributed by atoms with E-state index in [9.17, 15) is 4.79 Å². The molecule has 0 fully saturated rings. The van der Waals surface area contributed by atoms with E-state index in [0.29, 0.717) is 6.54 Å². The van der Waals surface area contributed by atoms with Crippen LogP contribution in [-0.2, 0) is 0 Å². The predicted molar refractivity (Wildman–Crippen MR) is 69.0 cm³/mol. The number of hydrogen-bond donors (Lipinski definition) is 1. The molecule has 5 nitrogen and oxygen atoms in total. The van der Waals surface area contributed by atoms with Gasteiger partial charge in [0.25, 0.3) is 5.91 Å². The third-order valence-electron chi connectivity index (χ3n) is 1.84. The Morgan fingerprint density at radius 3 is 2.59 bits per heavy atom. The highest BCUT2D eigenvalue weighted by Gasteiger charge is 2.07. The fourth-order valence-corrected chi connectivity index (χ4v) is 1.03. The van der Waals surface area contributed by atoms with Crippen molar-refractivity contribution in [2.24, 2.45) is 0 Å². The molecule has 96 valence electrons. The molecule has 0 saturated heterocycles. The largest absolute Gasteiger partial charge is 0.348 e. The maximum Gasteiger partial charge on any atom is 0.289 e. The zero-order valence-corrected chi connectivity index (χ0v) is 11.3. The number of likely N-dealkylation sites (N-methyl/N-ethyl adjacent to an activating group) is 1. The topological polar surface area (TPSA) is 58.1 Å². The molecule has 0 unspecified atom stereocenters. The van der Waals surface area contributed by atoms with Gasteiger partial charge >= 0.3 is 0 Å². The van der Waals surface area contributed by atoms with E-state index < -0.39 is 0 Å². The lowest BCUT2D eigenvalue weighted by Gasteiger charge is -2.09. The van der Waals surface area contributed by atoms with Crippen LogP contribution in [0.1, 0.15) is 30.2 Å². The summed E-state index contributed by atoms with van der Waals surface area (Å²) >= 11 is 0. The Kier molecular flexibility index (Phi) is 7.88. The molecule has 1 aromatic rings. The van der Waals surface area contributed by atoms with Crippen LogP contribution in [0.4, 0.5) is 0 Å². The van der Waals surface area contributed by atoms with Gasteiger partial charge in [-0.2, -0.15) is 0 Å². The molecule has 0 aliphatic carbocycles. The molecular weight excluding hydrogens is 216 g/mol. The van der Waals surface area contributed by atoms with Gasteiger partial charge in [-0.05, 0) is 27.1 Å². The first-order valence-electron chi connectivity index (χ1n) is 5.82. The fourth-order valence-electron chi connectivity index (χ4n) is 1.03. The molecule has 0 aliphatic heterocycles. The molecule has 0 spiro atoms. The molecule has 1 heterocycles. The molecule has 0 bridgehead atoms. The summed E-state index contributed by atoms with van der Waals surface area (Å²) in [5, 5.41) is 2.75. The van der Waals surface area contributed by atoms with E-state index in [1.54, 1.807) is 12.3 Å². The van der Waals surface area contributed by atoms with Crippen molar-refractivity contribution >= 4 is 5.91 Å². The molecule has 5 heteroatoms. The summed E-state index contributed by atoms with van der Waals surface area (Å²) < 4.78 is 0. The van der Waals surface area contributed by atoms with Crippen molar-refractivity contribution in [3.05, 3.63) is 23.8 Å². The Hall–Kier alpha value is -1.49. The van der Waals surface area contributed by atoms with Crippen LogP contribution in [-0.4, -0.2) is 48.0 Å². The van der Waals surface area contributed by atoms with E-state index in [1.165, 1.54) is 0 Å². The van der Waals surface area contributed by atoms with Crippen molar-refractivity contribution in [3.8, 4) is 0 Å². The second-order valence-corrected chi connectivity index (χ2v) is 3.58. The van der Waals surface area contributed by atoms with Crippen molar-refractivity contribution in [1.82, 2.24) is 20.2 Å². The smallest absolute Gasteiger partial charge is 0.289 e. The molecule has 0 atom stereocenters. The number of nitrogens with zero attached hydrogens (tertiary/aromatic N) is 3. The Morgan fingerprint density at radius 1 is 1.41 bits per heavy atom. The number of rotatable bonds is 4. The quantitative estimate of drug-likeness (QED) is 0.853. The highest BCUT2D eigenvalue weighted by molar-refractivity contribution is 5.90. The molecule has 17 heavy (non-hydrogen) atoms. The minimum atomic E-state index is -0.222. The van der Waals surface area contributed by atoms with E-state index in [1.807, 2.05) is 39.8 Å². The first kappa shape index (κ1) is 15.5. The van der Waals surface area contributed by atoms with Crippen LogP contribution >= 0.6 is 0 Å². The summed E-state index contributed by atoms with van der Waals surface area (Å²) in [6, 6.07) is 1.76. The zero-order valence-electron chi connectivity index (χ0n) is 11.3. The van der Waals surface area contributed by atoms with Crippen molar-refractivity contribution in [2.75, 3.05) is 27.2 Å². The number of amides is 1. The van der Waals surface area contributed by atoms with Gasteiger partial charge in [0.05, 0.1) is 0 Å². The van der Waals surface area contributed by atoms with E-state index >= 15 is 0 Å². The highest BCUT2D eigenvalue weighted by Crippen LogP contribution is 1.92. The molecular formula is C12H22N4O. The van der Waals surface area contributed by atoms with Gasteiger partial charge in [-0.15, -0.1) is 0 Å². The average Bonchev–Trinajstić information content (AvgIpc) is 2.31. The van der Waals surface area contributed by atoms with Gasteiger partial charge in [-0.25, -0.2) is 9.97 Å². The second kappa shape index (κ2) is 8.64. The summed E-state index contributed by atoms with van der Waals surface area (Å²) in [6.07, 6.45) is 1.59. The van der Waals surface area contributed by atoms with Crippen molar-refractivity contribution in [3.63, 3.8) is 0 Å². The van der Waals surface area contributed by atoms with Gasteiger partial charge in [0.15, 0.2) is 0 Å². The maximum atomic E-state index is 11.5. The third kappa shape index (κ3) is 6.63. The molecule has 1 rings (SSSR count). The van der Waals surface area contributed by atoms with Gasteiger partial charge in [0.2, 0.25) is 5.82 Å². The molecule has 0 saturated carbocycles. The summed E-state index contributed by atoms with van der Waals surface area (Å²) in [5.74, 6) is 0.00862. The molecule has 0 radical (unpaired) electrons. The standard InChI is InChI=1S/C10H16N4O.C2H6/c1-8-4-5-11-9(13-8)10(15)12-6-7-14(2)3;1-2/h4-5H,6-7H2,1-3H3,(H,12,15);1-2H3. The third-order valence-corrected chi connectivity index (χ3v) is 1.84. The Balaban J connectivity index is 0.00000121. The average molecular weight is 238 g/mol. The number of aromatic nitrogens is 2. The van der Waals surface area contributed by atoms with Gasteiger partial charge in [0.1, 0.15) is 0 Å². The van der Waals surface area contributed by atoms with Crippen molar-refractivity contribution < 1.29 is 4.79 Å². The molecule has 1 N–H and O–H groups in total. The van der Waals surface area contributed by atoms with Crippen LogP contribution in [0.5, 0.6) is 0 Å². The highest BCUT2D eigenvalue weighted by atomic mass is 16.2. The Labute approximate surface area is 103 Å². The predicted octanol–water partition coefficient (Wildman–Crippen LogP) is 1.10. The first-order valence-corrected chi connectivity index (χ1v) is 5.82. The van der Waals surface area contributed by atoms with Crippen LogP contribution in [0.2, 0.25) is 0 Å². The number of carbonyl (C=O) groups is 1. The second-order valence-electron chi connectivity index (χ2n) is 3.58. The van der Waals surface area contributed by atoms with Gasteiger partial charge in [0, 0.05) is 25.0 Å². The van der Waals surface area contributed by atoms with Gasteiger partial charge < -0.3 is 10.2 Å².